The van der Waals surface area contributed by atoms with E-state index in [0.717, 1.165) is 5.56 Å². The molecule has 0 unspecified atom stereocenters. The van der Waals surface area contributed by atoms with Crippen molar-refractivity contribution in [2.75, 3.05) is 0 Å². The minimum absolute atomic E-state index is 0.0616. The molecule has 3 aromatic carbocycles. The topological polar surface area (TPSA) is 108 Å². The number of aromatic nitrogens is 1. The Balaban J connectivity index is 1.49. The number of hydrogen-bond donors (Lipinski definition) is 3. The van der Waals surface area contributed by atoms with Gasteiger partial charge in [-0.25, -0.2) is 4.98 Å². The van der Waals surface area contributed by atoms with Crippen LogP contribution in [-0.4, -0.2) is 31.9 Å². The van der Waals surface area contributed by atoms with Crippen LogP contribution in [0.1, 0.15) is 43.5 Å². The number of aromatic hydroxyl groups is 3. The van der Waals surface area contributed by atoms with Gasteiger partial charge in [0.1, 0.15) is 17.4 Å². The third-order valence-corrected chi connectivity index (χ3v) is 5.57. The first-order valence-corrected chi connectivity index (χ1v) is 9.93. The van der Waals surface area contributed by atoms with E-state index in [9.17, 15) is 24.9 Å². The molecule has 0 spiro atoms. The Morgan fingerprint density at radius 1 is 0.688 bits per heavy atom. The van der Waals surface area contributed by atoms with Crippen molar-refractivity contribution >= 4 is 34.6 Å². The fourth-order valence-corrected chi connectivity index (χ4v) is 3.94. The third-order valence-electron chi connectivity index (χ3n) is 5.57. The van der Waals surface area contributed by atoms with Crippen LogP contribution >= 0.6 is 0 Å². The van der Waals surface area contributed by atoms with E-state index in [1.807, 2.05) is 18.2 Å². The highest BCUT2D eigenvalue weighted by Gasteiger charge is 2.41. The Hall–Kier alpha value is -4.45. The van der Waals surface area contributed by atoms with E-state index < -0.39 is 5.92 Å². The van der Waals surface area contributed by atoms with Crippen LogP contribution in [0.2, 0.25) is 0 Å². The number of fused-ring (bicyclic) bond motifs is 2. The summed E-state index contributed by atoms with van der Waals surface area (Å²) < 4.78 is 0. The molecule has 0 bridgehead atoms. The molecule has 1 aliphatic rings. The summed E-state index contributed by atoms with van der Waals surface area (Å²) in [4.78, 5) is 30.0. The molecule has 0 saturated heterocycles. The lowest BCUT2D eigenvalue weighted by Crippen LogP contribution is -2.14. The van der Waals surface area contributed by atoms with E-state index >= 15 is 0 Å². The molecular weight excluding hydrogens is 406 g/mol. The predicted octanol–water partition coefficient (Wildman–Crippen LogP) is 4.68. The number of benzene rings is 3. The molecule has 0 atom stereocenters. The fraction of sp³-hybridized carbons (Fsp3) is 0.0385. The Morgan fingerprint density at radius 3 is 1.97 bits per heavy atom. The summed E-state index contributed by atoms with van der Waals surface area (Å²) in [5, 5.41) is 30.3. The lowest BCUT2D eigenvalue weighted by atomic mass is 9.97. The SMILES string of the molecule is O=C1c2ccccc2C(=O)C1c1nc2ccc(C=Cc3ccc(O)c(O)c3)cc2cc1O. The summed E-state index contributed by atoms with van der Waals surface area (Å²) in [6, 6.07) is 18.0. The predicted molar refractivity (Wildman–Crippen MR) is 120 cm³/mol. The molecule has 1 heterocycles. The molecule has 0 amide bonds. The number of rotatable bonds is 3. The largest absolute Gasteiger partial charge is 0.506 e. The minimum Gasteiger partial charge on any atom is -0.506 e. The molecule has 32 heavy (non-hydrogen) atoms. The van der Waals surface area contributed by atoms with Gasteiger partial charge in [0.2, 0.25) is 0 Å². The Morgan fingerprint density at radius 2 is 1.31 bits per heavy atom. The highest BCUT2D eigenvalue weighted by Crippen LogP contribution is 2.38. The van der Waals surface area contributed by atoms with Crippen molar-refractivity contribution in [2.45, 2.75) is 5.92 Å². The number of Topliss-reactive ketones (excluding diaryl/α,β-unsaturated/α-hetero) is 2. The number of nitrogens with zero attached hydrogens (tertiary/aromatic N) is 1. The standard InChI is InChI=1S/C26H17NO5/c28-20-10-8-15(12-21(20)29)6-5-14-7-9-19-16(11-14)13-22(30)24(27-19)23-25(31)17-3-1-2-4-18(17)26(23)32/h1-13,23,28-30H. The van der Waals surface area contributed by atoms with Gasteiger partial charge in [0.25, 0.3) is 0 Å². The number of carbonyl (C=O) groups excluding carboxylic acids is 2. The van der Waals surface area contributed by atoms with Crippen LogP contribution in [-0.2, 0) is 0 Å². The van der Waals surface area contributed by atoms with E-state index in [-0.39, 0.29) is 34.5 Å². The number of phenolic OH excluding ortho intramolecular Hbond substituents is 2. The van der Waals surface area contributed by atoms with Gasteiger partial charge in [0.15, 0.2) is 23.1 Å². The van der Waals surface area contributed by atoms with Crippen molar-refractivity contribution in [2.24, 2.45) is 0 Å². The summed E-state index contributed by atoms with van der Waals surface area (Å²) in [7, 11) is 0. The van der Waals surface area contributed by atoms with E-state index in [1.165, 1.54) is 18.2 Å². The lowest BCUT2D eigenvalue weighted by Gasteiger charge is -2.11. The molecule has 0 aliphatic heterocycles. The summed E-state index contributed by atoms with van der Waals surface area (Å²) in [6.45, 7) is 0. The molecule has 0 radical (unpaired) electrons. The first-order valence-electron chi connectivity index (χ1n) is 9.93. The number of pyridine rings is 1. The molecule has 156 valence electrons. The fourth-order valence-electron chi connectivity index (χ4n) is 3.94. The van der Waals surface area contributed by atoms with Crippen molar-refractivity contribution < 1.29 is 24.9 Å². The Kier molecular flexibility index (Phi) is 4.48. The van der Waals surface area contributed by atoms with Gasteiger partial charge in [0, 0.05) is 16.5 Å². The van der Waals surface area contributed by atoms with Crippen LogP contribution in [0.25, 0.3) is 23.1 Å². The zero-order chi connectivity index (χ0) is 22.4. The van der Waals surface area contributed by atoms with E-state index in [1.54, 1.807) is 42.5 Å². The van der Waals surface area contributed by atoms with E-state index in [4.69, 9.17) is 0 Å². The lowest BCUT2D eigenvalue weighted by molar-refractivity contribution is 0.0886. The molecule has 0 fully saturated rings. The van der Waals surface area contributed by atoms with Gasteiger partial charge < -0.3 is 15.3 Å². The van der Waals surface area contributed by atoms with Gasteiger partial charge in [0.05, 0.1) is 5.52 Å². The highest BCUT2D eigenvalue weighted by atomic mass is 16.3. The quantitative estimate of drug-likeness (QED) is 0.251. The van der Waals surface area contributed by atoms with Crippen molar-refractivity contribution in [3.05, 3.63) is 94.7 Å². The Bertz CT molecular complexity index is 1420. The maximum absolute atomic E-state index is 12.8. The second kappa shape index (κ2) is 7.35. The molecule has 5 rings (SSSR count). The van der Waals surface area contributed by atoms with Crippen LogP contribution in [0.4, 0.5) is 0 Å². The molecule has 6 heteroatoms. The molecule has 4 aromatic rings. The van der Waals surface area contributed by atoms with Gasteiger partial charge in [-0.3, -0.25) is 9.59 Å². The molecule has 0 saturated carbocycles. The summed E-state index contributed by atoms with van der Waals surface area (Å²) in [5.74, 6) is -2.45. The van der Waals surface area contributed by atoms with Crippen LogP contribution in [0.3, 0.4) is 0 Å². The van der Waals surface area contributed by atoms with Crippen LogP contribution in [0, 0.1) is 0 Å². The maximum Gasteiger partial charge on any atom is 0.180 e. The summed E-state index contributed by atoms with van der Waals surface area (Å²) in [5.41, 5.74) is 2.84. The first-order chi connectivity index (χ1) is 15.4. The summed E-state index contributed by atoms with van der Waals surface area (Å²) >= 11 is 0. The second-order valence-corrected chi connectivity index (χ2v) is 7.63. The Labute approximate surface area is 182 Å². The van der Waals surface area contributed by atoms with Crippen LogP contribution in [0.15, 0.2) is 66.7 Å². The van der Waals surface area contributed by atoms with Gasteiger partial charge >= 0.3 is 0 Å². The maximum atomic E-state index is 12.8. The van der Waals surface area contributed by atoms with E-state index in [2.05, 4.69) is 4.98 Å². The molecule has 1 aliphatic carbocycles. The van der Waals surface area contributed by atoms with Gasteiger partial charge in [-0.2, -0.15) is 0 Å². The number of phenols is 2. The first kappa shape index (κ1) is 19.5. The zero-order valence-electron chi connectivity index (χ0n) is 16.7. The van der Waals surface area contributed by atoms with Crippen molar-refractivity contribution in [3.8, 4) is 17.2 Å². The molecular formula is C26H17NO5. The monoisotopic (exact) mass is 423 g/mol. The molecule has 6 nitrogen and oxygen atoms in total. The summed E-state index contributed by atoms with van der Waals surface area (Å²) in [6.07, 6.45) is 3.59. The second-order valence-electron chi connectivity index (χ2n) is 7.63. The number of carbonyl (C=O) groups is 2. The normalized spacial score (nSPS) is 13.9. The number of hydrogen-bond acceptors (Lipinski definition) is 6. The van der Waals surface area contributed by atoms with Crippen molar-refractivity contribution in [1.82, 2.24) is 4.98 Å². The average molecular weight is 423 g/mol. The minimum atomic E-state index is -1.14. The smallest absolute Gasteiger partial charge is 0.180 e. The van der Waals surface area contributed by atoms with Gasteiger partial charge in [-0.15, -0.1) is 0 Å². The van der Waals surface area contributed by atoms with Crippen molar-refractivity contribution in [1.29, 1.82) is 0 Å². The van der Waals surface area contributed by atoms with Gasteiger partial charge in [-0.1, -0.05) is 48.6 Å². The number of ketones is 2. The molecule has 1 aromatic heterocycles. The van der Waals surface area contributed by atoms with Crippen LogP contribution in [0.5, 0.6) is 17.2 Å². The highest BCUT2D eigenvalue weighted by molar-refractivity contribution is 6.29. The van der Waals surface area contributed by atoms with Crippen LogP contribution < -0.4 is 0 Å². The van der Waals surface area contributed by atoms with E-state index in [0.29, 0.717) is 27.6 Å². The average Bonchev–Trinajstić information content (AvgIpc) is 3.04. The zero-order valence-corrected chi connectivity index (χ0v) is 16.7. The van der Waals surface area contributed by atoms with Gasteiger partial charge in [-0.05, 0) is 41.5 Å². The molecule has 3 N–H and O–H groups in total. The van der Waals surface area contributed by atoms with Crippen molar-refractivity contribution in [3.63, 3.8) is 0 Å². The third kappa shape index (κ3) is 3.18.